The minimum atomic E-state index is -3.74. The lowest BCUT2D eigenvalue weighted by molar-refractivity contribution is -0.117. The maximum Gasteiger partial charge on any atom is 0.240 e. The van der Waals surface area contributed by atoms with Crippen molar-refractivity contribution >= 4 is 21.6 Å². The van der Waals surface area contributed by atoms with E-state index in [0.717, 1.165) is 12.0 Å². The van der Waals surface area contributed by atoms with Crippen molar-refractivity contribution in [2.24, 2.45) is 0 Å². The summed E-state index contributed by atoms with van der Waals surface area (Å²) in [7, 11) is -2.23. The minimum absolute atomic E-state index is 0.0234. The lowest BCUT2D eigenvalue weighted by Crippen LogP contribution is -2.26. The third-order valence-electron chi connectivity index (χ3n) is 5.11. The molecule has 1 aliphatic rings. The van der Waals surface area contributed by atoms with Gasteiger partial charge in [-0.2, -0.15) is 0 Å². The summed E-state index contributed by atoms with van der Waals surface area (Å²) in [5.41, 5.74) is 2.61. The molecule has 0 aromatic heterocycles. The fourth-order valence-corrected chi connectivity index (χ4v) is 4.37. The van der Waals surface area contributed by atoms with Crippen LogP contribution in [0.4, 0.5) is 5.69 Å². The molecule has 0 aliphatic carbocycles. The van der Waals surface area contributed by atoms with Crippen LogP contribution in [-0.2, 0) is 26.8 Å². The molecule has 7 heteroatoms. The second kappa shape index (κ2) is 8.16. The molecule has 0 bridgehead atoms. The Morgan fingerprint density at radius 2 is 1.79 bits per heavy atom. The van der Waals surface area contributed by atoms with E-state index in [1.54, 1.807) is 11.0 Å². The van der Waals surface area contributed by atoms with Gasteiger partial charge in [0.25, 0.3) is 0 Å². The van der Waals surface area contributed by atoms with Gasteiger partial charge >= 0.3 is 0 Å². The van der Waals surface area contributed by atoms with E-state index in [1.807, 2.05) is 24.3 Å². The molecule has 3 rings (SSSR count). The summed E-state index contributed by atoms with van der Waals surface area (Å²) < 4.78 is 33.6. The summed E-state index contributed by atoms with van der Waals surface area (Å²) >= 11 is 0. The molecule has 0 spiro atoms. The Balaban J connectivity index is 1.79. The van der Waals surface area contributed by atoms with Crippen LogP contribution >= 0.6 is 0 Å². The molecule has 1 aliphatic heterocycles. The first-order valence-electron chi connectivity index (χ1n) is 9.69. The summed E-state index contributed by atoms with van der Waals surface area (Å²) in [6, 6.07) is 12.5. The second-order valence-electron chi connectivity index (χ2n) is 8.25. The van der Waals surface area contributed by atoms with E-state index in [1.165, 1.54) is 24.8 Å². The Bertz CT molecular complexity index is 992. The predicted octanol–water partition coefficient (Wildman–Crippen LogP) is 3.60. The van der Waals surface area contributed by atoms with E-state index in [2.05, 4.69) is 25.5 Å². The SMILES string of the molecule is COc1ccc(S(=O)(=O)NCc2ccc(C(C)(C)C)cc2)cc1N1CCCC1=O. The Morgan fingerprint density at radius 3 is 2.34 bits per heavy atom. The molecule has 156 valence electrons. The molecule has 0 unspecified atom stereocenters. The smallest absolute Gasteiger partial charge is 0.240 e. The van der Waals surface area contributed by atoms with Crippen LogP contribution in [0.2, 0.25) is 0 Å². The molecule has 2 aromatic carbocycles. The van der Waals surface area contributed by atoms with Gasteiger partial charge in [-0.25, -0.2) is 13.1 Å². The first kappa shape index (κ1) is 21.3. The third kappa shape index (κ3) is 4.79. The number of hydrogen-bond donors (Lipinski definition) is 1. The van der Waals surface area contributed by atoms with Gasteiger partial charge in [0.1, 0.15) is 5.75 Å². The van der Waals surface area contributed by atoms with Crippen LogP contribution in [0.3, 0.4) is 0 Å². The van der Waals surface area contributed by atoms with Crippen molar-refractivity contribution in [2.75, 3.05) is 18.6 Å². The molecular weight excluding hydrogens is 388 g/mol. The molecule has 1 saturated heterocycles. The molecule has 1 fully saturated rings. The molecule has 1 heterocycles. The van der Waals surface area contributed by atoms with Crippen LogP contribution in [-0.4, -0.2) is 28.0 Å². The van der Waals surface area contributed by atoms with Gasteiger partial charge in [0.05, 0.1) is 17.7 Å². The topological polar surface area (TPSA) is 75.7 Å². The van der Waals surface area contributed by atoms with Crippen molar-refractivity contribution in [3.05, 3.63) is 53.6 Å². The number of amides is 1. The number of methoxy groups -OCH3 is 1. The number of hydrogen-bond acceptors (Lipinski definition) is 4. The van der Waals surface area contributed by atoms with Gasteiger partial charge in [-0.05, 0) is 41.2 Å². The first-order valence-corrected chi connectivity index (χ1v) is 11.2. The van der Waals surface area contributed by atoms with Gasteiger partial charge in [0.2, 0.25) is 15.9 Å². The van der Waals surface area contributed by atoms with Crippen LogP contribution in [0.5, 0.6) is 5.75 Å². The quantitative estimate of drug-likeness (QED) is 0.781. The Kier molecular flexibility index (Phi) is 6.00. The highest BCUT2D eigenvalue weighted by molar-refractivity contribution is 7.89. The number of nitrogens with zero attached hydrogens (tertiary/aromatic N) is 1. The second-order valence-corrected chi connectivity index (χ2v) is 10.0. The van der Waals surface area contributed by atoms with E-state index in [4.69, 9.17) is 4.74 Å². The van der Waals surface area contributed by atoms with Gasteiger partial charge in [-0.15, -0.1) is 0 Å². The summed E-state index contributed by atoms with van der Waals surface area (Å²) in [5.74, 6) is 0.460. The standard InChI is InChI=1S/C22H28N2O4S/c1-22(2,3)17-9-7-16(8-10-17)15-23-29(26,27)18-11-12-20(28-4)19(14-18)24-13-5-6-21(24)25/h7-12,14,23H,5-6,13,15H2,1-4H3. The van der Waals surface area contributed by atoms with Crippen molar-refractivity contribution in [1.29, 1.82) is 0 Å². The molecule has 1 N–H and O–H groups in total. The van der Waals surface area contributed by atoms with Crippen LogP contribution in [0.25, 0.3) is 0 Å². The van der Waals surface area contributed by atoms with Gasteiger partial charge < -0.3 is 9.64 Å². The fraction of sp³-hybridized carbons (Fsp3) is 0.409. The summed E-state index contributed by atoms with van der Waals surface area (Å²) in [5, 5.41) is 0. The average molecular weight is 417 g/mol. The minimum Gasteiger partial charge on any atom is -0.495 e. The van der Waals surface area contributed by atoms with Gasteiger partial charge in [-0.1, -0.05) is 45.0 Å². The van der Waals surface area contributed by atoms with Crippen LogP contribution < -0.4 is 14.4 Å². The first-order chi connectivity index (χ1) is 13.6. The molecular formula is C22H28N2O4S. The van der Waals surface area contributed by atoms with Gasteiger partial charge in [0.15, 0.2) is 0 Å². The van der Waals surface area contributed by atoms with Gasteiger partial charge in [-0.3, -0.25) is 4.79 Å². The lowest BCUT2D eigenvalue weighted by atomic mass is 9.87. The van der Waals surface area contributed by atoms with Crippen molar-refractivity contribution in [3.8, 4) is 5.75 Å². The molecule has 0 atom stereocenters. The Morgan fingerprint density at radius 1 is 1.10 bits per heavy atom. The fourth-order valence-electron chi connectivity index (χ4n) is 3.34. The van der Waals surface area contributed by atoms with Crippen LogP contribution in [0.1, 0.15) is 44.7 Å². The number of sulfonamides is 1. The molecule has 6 nitrogen and oxygen atoms in total. The highest BCUT2D eigenvalue weighted by Gasteiger charge is 2.26. The van der Waals surface area contributed by atoms with Crippen molar-refractivity contribution in [2.45, 2.75) is 50.5 Å². The zero-order chi connectivity index (χ0) is 21.2. The zero-order valence-corrected chi connectivity index (χ0v) is 18.2. The summed E-state index contributed by atoms with van der Waals surface area (Å²) in [4.78, 5) is 13.8. The van der Waals surface area contributed by atoms with E-state index in [9.17, 15) is 13.2 Å². The number of rotatable bonds is 6. The predicted molar refractivity (Wildman–Crippen MR) is 114 cm³/mol. The molecule has 0 radical (unpaired) electrons. The molecule has 0 saturated carbocycles. The van der Waals surface area contributed by atoms with Crippen LogP contribution in [0, 0.1) is 0 Å². The zero-order valence-electron chi connectivity index (χ0n) is 17.4. The number of anilines is 1. The number of benzene rings is 2. The van der Waals surface area contributed by atoms with Crippen molar-refractivity contribution in [3.63, 3.8) is 0 Å². The van der Waals surface area contributed by atoms with Gasteiger partial charge in [0, 0.05) is 19.5 Å². The van der Waals surface area contributed by atoms with E-state index >= 15 is 0 Å². The molecule has 2 aromatic rings. The number of nitrogens with one attached hydrogen (secondary N) is 1. The maximum atomic E-state index is 12.8. The van der Waals surface area contributed by atoms with E-state index in [0.29, 0.717) is 24.4 Å². The number of carbonyl (C=O) groups is 1. The normalized spacial score (nSPS) is 15.0. The highest BCUT2D eigenvalue weighted by atomic mass is 32.2. The largest absolute Gasteiger partial charge is 0.495 e. The lowest BCUT2D eigenvalue weighted by Gasteiger charge is -2.20. The van der Waals surface area contributed by atoms with Crippen molar-refractivity contribution < 1.29 is 17.9 Å². The number of ether oxygens (including phenoxy) is 1. The monoisotopic (exact) mass is 416 g/mol. The molecule has 29 heavy (non-hydrogen) atoms. The van der Waals surface area contributed by atoms with E-state index in [-0.39, 0.29) is 22.8 Å². The third-order valence-corrected chi connectivity index (χ3v) is 6.51. The summed E-state index contributed by atoms with van der Waals surface area (Å²) in [6.07, 6.45) is 1.21. The highest BCUT2D eigenvalue weighted by Crippen LogP contribution is 2.33. The van der Waals surface area contributed by atoms with Crippen LogP contribution in [0.15, 0.2) is 47.4 Å². The maximum absolute atomic E-state index is 12.8. The Labute approximate surface area is 172 Å². The molecule has 1 amide bonds. The Hall–Kier alpha value is -2.38. The van der Waals surface area contributed by atoms with Crippen molar-refractivity contribution in [1.82, 2.24) is 4.72 Å². The summed E-state index contributed by atoms with van der Waals surface area (Å²) in [6.45, 7) is 7.16. The van der Waals surface area contributed by atoms with E-state index < -0.39 is 10.0 Å². The average Bonchev–Trinajstić information content (AvgIpc) is 3.11. The number of carbonyl (C=O) groups excluding carboxylic acids is 1.